The maximum atomic E-state index is 10.3. The van der Waals surface area contributed by atoms with Crippen molar-refractivity contribution in [1.82, 2.24) is 0 Å². The van der Waals surface area contributed by atoms with Gasteiger partial charge in [0.15, 0.2) is 0 Å². The van der Waals surface area contributed by atoms with Crippen molar-refractivity contribution >= 4 is 37.4 Å². The van der Waals surface area contributed by atoms with Crippen molar-refractivity contribution in [2.45, 2.75) is 24.9 Å². The van der Waals surface area contributed by atoms with E-state index in [9.17, 15) is 5.11 Å². The number of benzene rings is 1. The molecule has 0 spiro atoms. The molecule has 0 amide bonds. The normalized spacial score (nSPS) is 19.1. The first-order valence-electron chi connectivity index (χ1n) is 5.09. The van der Waals surface area contributed by atoms with E-state index in [1.165, 1.54) is 10.1 Å². The van der Waals surface area contributed by atoms with E-state index in [-0.39, 0.29) is 0 Å². The molecule has 78 valence electrons. The number of thiophene rings is 1. The molecule has 1 aliphatic carbocycles. The van der Waals surface area contributed by atoms with Crippen LogP contribution in [0.15, 0.2) is 28.7 Å². The highest BCUT2D eigenvalue weighted by Crippen LogP contribution is 2.45. The van der Waals surface area contributed by atoms with E-state index < -0.39 is 5.60 Å². The van der Waals surface area contributed by atoms with Crippen LogP contribution in [0.1, 0.15) is 24.1 Å². The maximum Gasteiger partial charge on any atom is 0.0988 e. The Labute approximate surface area is 101 Å². The third kappa shape index (κ3) is 1.53. The topological polar surface area (TPSA) is 20.2 Å². The van der Waals surface area contributed by atoms with E-state index in [0.717, 1.165) is 28.6 Å². The van der Waals surface area contributed by atoms with Gasteiger partial charge in [0, 0.05) is 14.0 Å². The Morgan fingerprint density at radius 2 is 2.07 bits per heavy atom. The molecule has 15 heavy (non-hydrogen) atoms. The summed E-state index contributed by atoms with van der Waals surface area (Å²) in [6, 6.07) is 8.39. The Morgan fingerprint density at radius 3 is 2.73 bits per heavy atom. The van der Waals surface area contributed by atoms with Gasteiger partial charge in [-0.2, -0.15) is 0 Å². The Balaban J connectivity index is 2.14. The zero-order valence-electron chi connectivity index (χ0n) is 8.16. The second-order valence-corrected chi connectivity index (χ2v) is 6.18. The molecule has 0 bridgehead atoms. The summed E-state index contributed by atoms with van der Waals surface area (Å²) in [5, 5.41) is 11.5. The quantitative estimate of drug-likeness (QED) is 0.837. The molecule has 1 aromatic carbocycles. The summed E-state index contributed by atoms with van der Waals surface area (Å²) in [6.07, 6.45) is 2.98. The Morgan fingerprint density at radius 1 is 1.27 bits per heavy atom. The van der Waals surface area contributed by atoms with Gasteiger partial charge in [-0.05, 0) is 48.9 Å². The van der Waals surface area contributed by atoms with Crippen LogP contribution < -0.4 is 0 Å². The fourth-order valence-electron chi connectivity index (χ4n) is 2.00. The van der Waals surface area contributed by atoms with Crippen molar-refractivity contribution in [3.8, 4) is 0 Å². The number of rotatable bonds is 1. The molecule has 1 fully saturated rings. The van der Waals surface area contributed by atoms with Gasteiger partial charge in [0.1, 0.15) is 0 Å². The first-order chi connectivity index (χ1) is 7.17. The van der Waals surface area contributed by atoms with Crippen LogP contribution in [0.2, 0.25) is 0 Å². The molecular formula is C12H11BrOS. The Bertz CT molecular complexity index is 513. The van der Waals surface area contributed by atoms with Gasteiger partial charge in [-0.3, -0.25) is 0 Å². The minimum absolute atomic E-state index is 0.518. The van der Waals surface area contributed by atoms with Crippen molar-refractivity contribution in [2.24, 2.45) is 0 Å². The molecule has 0 unspecified atom stereocenters. The standard InChI is InChI=1S/C12H11BrOS/c13-9-2-3-10-8(6-9)7-11(15-10)12(14)4-1-5-12/h2-3,6-7,14H,1,4-5H2. The minimum Gasteiger partial charge on any atom is -0.384 e. The van der Waals surface area contributed by atoms with Crippen LogP contribution in [0.4, 0.5) is 0 Å². The number of hydrogen-bond donors (Lipinski definition) is 1. The van der Waals surface area contributed by atoms with Gasteiger partial charge in [0.25, 0.3) is 0 Å². The van der Waals surface area contributed by atoms with Crippen LogP contribution in [0.5, 0.6) is 0 Å². The summed E-state index contributed by atoms with van der Waals surface area (Å²) in [6.45, 7) is 0. The van der Waals surface area contributed by atoms with Crippen molar-refractivity contribution < 1.29 is 5.11 Å². The van der Waals surface area contributed by atoms with Crippen LogP contribution in [-0.2, 0) is 5.60 Å². The van der Waals surface area contributed by atoms with E-state index in [2.05, 4.69) is 34.1 Å². The van der Waals surface area contributed by atoms with Crippen LogP contribution in [0, 0.1) is 0 Å². The van der Waals surface area contributed by atoms with E-state index in [0.29, 0.717) is 0 Å². The van der Waals surface area contributed by atoms with Gasteiger partial charge in [-0.15, -0.1) is 11.3 Å². The fourth-order valence-corrected chi connectivity index (χ4v) is 3.57. The highest BCUT2D eigenvalue weighted by molar-refractivity contribution is 9.10. The zero-order valence-corrected chi connectivity index (χ0v) is 10.6. The smallest absolute Gasteiger partial charge is 0.0988 e. The molecule has 0 aliphatic heterocycles. The summed E-state index contributed by atoms with van der Waals surface area (Å²) in [5.41, 5.74) is -0.518. The van der Waals surface area contributed by atoms with Crippen LogP contribution in [0.25, 0.3) is 10.1 Å². The van der Waals surface area contributed by atoms with Gasteiger partial charge < -0.3 is 5.11 Å². The largest absolute Gasteiger partial charge is 0.384 e. The third-order valence-corrected chi connectivity index (χ3v) is 4.92. The molecule has 0 atom stereocenters. The molecule has 1 saturated carbocycles. The first-order valence-corrected chi connectivity index (χ1v) is 6.70. The van der Waals surface area contributed by atoms with Crippen LogP contribution >= 0.6 is 27.3 Å². The average molecular weight is 283 g/mol. The summed E-state index contributed by atoms with van der Waals surface area (Å²) in [5.74, 6) is 0. The molecular weight excluding hydrogens is 272 g/mol. The van der Waals surface area contributed by atoms with Crippen molar-refractivity contribution in [3.05, 3.63) is 33.6 Å². The summed E-state index contributed by atoms with van der Waals surface area (Å²) in [7, 11) is 0. The van der Waals surface area contributed by atoms with Gasteiger partial charge in [0.05, 0.1) is 5.60 Å². The Hall–Kier alpha value is -0.380. The molecule has 1 aliphatic rings. The van der Waals surface area contributed by atoms with Crippen molar-refractivity contribution in [1.29, 1.82) is 0 Å². The van der Waals surface area contributed by atoms with E-state index in [1.807, 2.05) is 6.07 Å². The van der Waals surface area contributed by atoms with Crippen LogP contribution in [0.3, 0.4) is 0 Å². The van der Waals surface area contributed by atoms with Gasteiger partial charge >= 0.3 is 0 Å². The lowest BCUT2D eigenvalue weighted by atomic mass is 9.79. The average Bonchev–Trinajstić information content (AvgIpc) is 2.57. The third-order valence-electron chi connectivity index (χ3n) is 3.12. The molecule has 1 aromatic heterocycles. The molecule has 1 N–H and O–H groups in total. The predicted octanol–water partition coefficient (Wildman–Crippen LogP) is 4.04. The van der Waals surface area contributed by atoms with Gasteiger partial charge in [0.2, 0.25) is 0 Å². The minimum atomic E-state index is -0.518. The number of fused-ring (bicyclic) bond motifs is 1. The lowest BCUT2D eigenvalue weighted by molar-refractivity contribution is -0.0353. The van der Waals surface area contributed by atoms with Crippen molar-refractivity contribution in [2.75, 3.05) is 0 Å². The van der Waals surface area contributed by atoms with E-state index >= 15 is 0 Å². The molecule has 1 nitrogen and oxygen atoms in total. The lowest BCUT2D eigenvalue weighted by Gasteiger charge is -2.35. The SMILES string of the molecule is OC1(c2cc3cc(Br)ccc3s2)CCC1. The fraction of sp³-hybridized carbons (Fsp3) is 0.333. The highest BCUT2D eigenvalue weighted by atomic mass is 79.9. The predicted molar refractivity (Wildman–Crippen MR) is 67.3 cm³/mol. The van der Waals surface area contributed by atoms with E-state index in [1.54, 1.807) is 11.3 Å². The number of aliphatic hydroxyl groups is 1. The maximum absolute atomic E-state index is 10.3. The lowest BCUT2D eigenvalue weighted by Crippen LogP contribution is -2.32. The summed E-state index contributed by atoms with van der Waals surface area (Å²) in [4.78, 5) is 1.13. The molecule has 0 saturated heterocycles. The molecule has 3 rings (SSSR count). The number of halogens is 1. The molecule has 1 heterocycles. The zero-order chi connectivity index (χ0) is 10.5. The van der Waals surface area contributed by atoms with Crippen molar-refractivity contribution in [3.63, 3.8) is 0 Å². The molecule has 3 heteroatoms. The highest BCUT2D eigenvalue weighted by Gasteiger charge is 2.37. The second kappa shape index (κ2) is 3.30. The molecule has 0 radical (unpaired) electrons. The summed E-state index contributed by atoms with van der Waals surface area (Å²) >= 11 is 5.18. The Kier molecular flexibility index (Phi) is 2.16. The second-order valence-electron chi connectivity index (χ2n) is 4.18. The van der Waals surface area contributed by atoms with Gasteiger partial charge in [-0.1, -0.05) is 15.9 Å². The van der Waals surface area contributed by atoms with Crippen LogP contribution in [-0.4, -0.2) is 5.11 Å². The monoisotopic (exact) mass is 282 g/mol. The van der Waals surface area contributed by atoms with E-state index in [4.69, 9.17) is 0 Å². The van der Waals surface area contributed by atoms with Gasteiger partial charge in [-0.25, -0.2) is 0 Å². The summed E-state index contributed by atoms with van der Waals surface area (Å²) < 4.78 is 2.36. The number of hydrogen-bond acceptors (Lipinski definition) is 2. The molecule has 2 aromatic rings. The first kappa shape index (κ1) is 9.82.